The second-order valence-electron chi connectivity index (χ2n) is 9.09. The van der Waals surface area contributed by atoms with Gasteiger partial charge in [-0.2, -0.15) is 8.42 Å². The maximum absolute atomic E-state index is 12.6. The molecule has 0 aliphatic rings. The zero-order valence-corrected chi connectivity index (χ0v) is 19.4. The highest BCUT2D eigenvalue weighted by Crippen LogP contribution is 2.17. The zero-order chi connectivity index (χ0) is 22.7. The Hall–Kier alpha value is -1.23. The van der Waals surface area contributed by atoms with Crippen molar-refractivity contribution in [2.75, 3.05) is 46.0 Å². The van der Waals surface area contributed by atoms with Crippen molar-refractivity contribution < 1.29 is 31.8 Å². The molecule has 0 saturated carbocycles. The van der Waals surface area contributed by atoms with E-state index in [0.29, 0.717) is 43.5 Å². The average molecular weight is 439 g/mol. The van der Waals surface area contributed by atoms with Crippen LogP contribution in [-0.2, 0) is 24.4 Å². The maximum atomic E-state index is 12.6. The largest absolute Gasteiger partial charge is 0.460 e. The van der Waals surface area contributed by atoms with E-state index < -0.39 is 27.6 Å². The molecule has 0 rings (SSSR count). The predicted octanol–water partition coefficient (Wildman–Crippen LogP) is 0.934. The van der Waals surface area contributed by atoms with Crippen molar-refractivity contribution >= 4 is 22.0 Å². The molecule has 9 nitrogen and oxygen atoms in total. The summed E-state index contributed by atoms with van der Waals surface area (Å²) in [4.78, 5) is 24.7. The lowest BCUT2D eigenvalue weighted by Crippen LogP contribution is -2.47. The Labute approximate surface area is 175 Å². The Balaban J connectivity index is 4.60. The number of likely N-dealkylation sites (N-methyl/N-ethyl adjacent to an activating group) is 1. The van der Waals surface area contributed by atoms with E-state index in [1.54, 1.807) is 20.8 Å². The number of nitrogens with two attached hydrogens (primary N) is 1. The van der Waals surface area contributed by atoms with Crippen LogP contribution in [0.1, 0.15) is 52.9 Å². The highest BCUT2D eigenvalue weighted by atomic mass is 32.2. The van der Waals surface area contributed by atoms with Crippen LogP contribution in [0.25, 0.3) is 0 Å². The van der Waals surface area contributed by atoms with E-state index in [4.69, 9.17) is 15.0 Å². The Bertz CT molecular complexity index is 614. The molecule has 1 amide bonds. The molecule has 0 aromatic heterocycles. The van der Waals surface area contributed by atoms with Gasteiger partial charge in [0.05, 0.1) is 45.9 Å². The summed E-state index contributed by atoms with van der Waals surface area (Å²) in [6.45, 7) is 7.45. The van der Waals surface area contributed by atoms with Gasteiger partial charge in [0.25, 0.3) is 10.1 Å². The summed E-state index contributed by atoms with van der Waals surface area (Å²) in [5.74, 6) is -1.33. The van der Waals surface area contributed by atoms with Crippen molar-refractivity contribution in [3.05, 3.63) is 0 Å². The zero-order valence-electron chi connectivity index (χ0n) is 18.6. The minimum atomic E-state index is -3.96. The predicted molar refractivity (Wildman–Crippen MR) is 113 cm³/mol. The third-order valence-electron chi connectivity index (χ3n) is 4.39. The molecule has 0 aliphatic heterocycles. The van der Waals surface area contributed by atoms with Gasteiger partial charge in [-0.3, -0.25) is 14.1 Å². The van der Waals surface area contributed by atoms with Crippen LogP contribution in [0.4, 0.5) is 0 Å². The lowest BCUT2D eigenvalue weighted by Gasteiger charge is -2.30. The number of unbranched alkanes of at least 4 members (excludes halogenated alkanes) is 1. The lowest BCUT2D eigenvalue weighted by molar-refractivity contribution is -0.889. The van der Waals surface area contributed by atoms with Crippen molar-refractivity contribution in [3.8, 4) is 0 Å². The summed E-state index contributed by atoms with van der Waals surface area (Å²) in [7, 11) is -0.108. The third kappa shape index (κ3) is 16.3. The SMILES string of the molecule is CC(C)(C)OC(=O)CC(CCCCN)C(=O)NCC[N+](C)(C)CCCS(=O)(=O)O. The Morgan fingerprint density at radius 1 is 1.14 bits per heavy atom. The summed E-state index contributed by atoms with van der Waals surface area (Å²) >= 11 is 0. The van der Waals surface area contributed by atoms with E-state index in [9.17, 15) is 18.0 Å². The first-order valence-electron chi connectivity index (χ1n) is 10.1. The van der Waals surface area contributed by atoms with Gasteiger partial charge in [-0.1, -0.05) is 6.42 Å². The molecule has 0 saturated heterocycles. The molecule has 0 spiro atoms. The molecule has 10 heteroatoms. The smallest absolute Gasteiger partial charge is 0.307 e. The fourth-order valence-corrected chi connectivity index (χ4v) is 3.35. The minimum Gasteiger partial charge on any atom is -0.460 e. The highest BCUT2D eigenvalue weighted by Gasteiger charge is 2.26. The van der Waals surface area contributed by atoms with Crippen LogP contribution in [0.5, 0.6) is 0 Å². The minimum absolute atomic E-state index is 0.0281. The first-order chi connectivity index (χ1) is 13.2. The molecule has 0 fully saturated rings. The molecule has 4 N–H and O–H groups in total. The number of ether oxygens (including phenoxy) is 1. The molecule has 172 valence electrons. The van der Waals surface area contributed by atoms with Gasteiger partial charge in [-0.15, -0.1) is 0 Å². The lowest BCUT2D eigenvalue weighted by atomic mass is 9.97. The quantitative estimate of drug-likeness (QED) is 0.159. The number of hydrogen-bond acceptors (Lipinski definition) is 6. The molecular formula is C19H40N3O6S+. The molecule has 0 radical (unpaired) electrons. The van der Waals surface area contributed by atoms with Gasteiger partial charge in [0.15, 0.2) is 0 Å². The Morgan fingerprint density at radius 3 is 2.28 bits per heavy atom. The fourth-order valence-electron chi connectivity index (χ4n) is 2.86. The Kier molecular flexibility index (Phi) is 11.9. The van der Waals surface area contributed by atoms with E-state index in [0.717, 1.165) is 12.8 Å². The van der Waals surface area contributed by atoms with Crippen LogP contribution in [0, 0.1) is 5.92 Å². The van der Waals surface area contributed by atoms with Gasteiger partial charge in [0, 0.05) is 12.3 Å². The standard InChI is InChI=1S/C19H39N3O6S/c1-19(2,3)28-17(23)15-16(9-6-7-10-20)18(24)21-11-13-22(4,5)12-8-14-29(25,26)27/h16H,6-15,20H2,1-5H3,(H-,21,24,25,26,27)/p+1. The van der Waals surface area contributed by atoms with Crippen molar-refractivity contribution in [2.24, 2.45) is 11.7 Å². The number of amides is 1. The molecule has 0 aromatic carbocycles. The molecule has 0 bridgehead atoms. The molecule has 1 unspecified atom stereocenters. The summed E-state index contributed by atoms with van der Waals surface area (Å²) < 4.78 is 36.3. The number of carbonyl (C=O) groups excluding carboxylic acids is 2. The third-order valence-corrected chi connectivity index (χ3v) is 5.20. The van der Waals surface area contributed by atoms with Crippen LogP contribution in [0.3, 0.4) is 0 Å². The summed E-state index contributed by atoms with van der Waals surface area (Å²) in [6, 6.07) is 0. The fraction of sp³-hybridized carbons (Fsp3) is 0.895. The summed E-state index contributed by atoms with van der Waals surface area (Å²) in [6.07, 6.45) is 2.47. The summed E-state index contributed by atoms with van der Waals surface area (Å²) in [5, 5.41) is 2.88. The van der Waals surface area contributed by atoms with Crippen molar-refractivity contribution in [1.29, 1.82) is 0 Å². The average Bonchev–Trinajstić information content (AvgIpc) is 2.50. The summed E-state index contributed by atoms with van der Waals surface area (Å²) in [5.41, 5.74) is 4.92. The second-order valence-corrected chi connectivity index (χ2v) is 10.7. The normalized spacial score (nSPS) is 13.8. The number of quaternary nitrogens is 1. The number of carbonyl (C=O) groups is 2. The van der Waals surface area contributed by atoms with Crippen LogP contribution < -0.4 is 11.1 Å². The van der Waals surface area contributed by atoms with Crippen LogP contribution in [0.15, 0.2) is 0 Å². The number of rotatable bonds is 14. The van der Waals surface area contributed by atoms with Gasteiger partial charge < -0.3 is 20.3 Å². The van der Waals surface area contributed by atoms with Crippen molar-refractivity contribution in [1.82, 2.24) is 5.32 Å². The van der Waals surface area contributed by atoms with E-state index >= 15 is 0 Å². The van der Waals surface area contributed by atoms with Crippen LogP contribution in [-0.4, -0.2) is 81.0 Å². The van der Waals surface area contributed by atoms with Gasteiger partial charge >= 0.3 is 5.97 Å². The molecule has 0 heterocycles. The topological polar surface area (TPSA) is 136 Å². The Morgan fingerprint density at radius 2 is 1.76 bits per heavy atom. The number of nitrogens with one attached hydrogen (secondary N) is 1. The van der Waals surface area contributed by atoms with Gasteiger partial charge in [0.2, 0.25) is 5.91 Å². The molecule has 1 atom stereocenters. The molecular weight excluding hydrogens is 398 g/mol. The first kappa shape index (κ1) is 27.8. The van der Waals surface area contributed by atoms with Crippen molar-refractivity contribution in [3.63, 3.8) is 0 Å². The number of esters is 1. The molecule has 29 heavy (non-hydrogen) atoms. The van der Waals surface area contributed by atoms with Gasteiger partial charge in [0.1, 0.15) is 5.60 Å². The van der Waals surface area contributed by atoms with Gasteiger partial charge in [-0.25, -0.2) is 0 Å². The molecule has 0 aromatic rings. The van der Waals surface area contributed by atoms with Crippen LogP contribution >= 0.6 is 0 Å². The first-order valence-corrected chi connectivity index (χ1v) is 11.7. The van der Waals surface area contributed by atoms with E-state index in [1.807, 2.05) is 14.1 Å². The van der Waals surface area contributed by atoms with E-state index in [2.05, 4.69) is 5.32 Å². The van der Waals surface area contributed by atoms with Crippen LogP contribution in [0.2, 0.25) is 0 Å². The second kappa shape index (κ2) is 12.5. The highest BCUT2D eigenvalue weighted by molar-refractivity contribution is 7.85. The van der Waals surface area contributed by atoms with Crippen molar-refractivity contribution in [2.45, 2.75) is 58.5 Å². The monoisotopic (exact) mass is 438 g/mol. The maximum Gasteiger partial charge on any atom is 0.307 e. The molecule has 0 aliphatic carbocycles. The number of nitrogens with zero attached hydrogens (tertiary/aromatic N) is 1. The van der Waals surface area contributed by atoms with Gasteiger partial charge in [-0.05, 0) is 40.2 Å². The van der Waals surface area contributed by atoms with E-state index in [1.165, 1.54) is 0 Å². The van der Waals surface area contributed by atoms with E-state index in [-0.39, 0.29) is 18.1 Å². The number of hydrogen-bond donors (Lipinski definition) is 3.